The molecule has 0 saturated carbocycles. The maximum atomic E-state index is 14.3. The van der Waals surface area contributed by atoms with Crippen molar-refractivity contribution in [1.29, 1.82) is 0 Å². The molecule has 0 radical (unpaired) electrons. The molecule has 1 amide bonds. The summed E-state index contributed by atoms with van der Waals surface area (Å²) < 4.78 is 29.1. The molecular weight excluding hydrogens is 274 g/mol. The summed E-state index contributed by atoms with van der Waals surface area (Å²) in [5.41, 5.74) is 6.27. The fourth-order valence-corrected chi connectivity index (χ4v) is 2.48. The van der Waals surface area contributed by atoms with Crippen molar-refractivity contribution in [2.45, 2.75) is 6.54 Å². The molecule has 1 aromatic heterocycles. The molecule has 0 atom stereocenters. The number of hydrogen-bond acceptors (Lipinski definition) is 1. The predicted molar refractivity (Wildman–Crippen MR) is 75.9 cm³/mol. The Morgan fingerprint density at radius 2 is 1.86 bits per heavy atom. The standard InChI is InChI=1S/C16H12F2N2O/c17-11-5-3-4-10(8-11)9-20-13-7-2-1-6-12(13)14(18)15(20)16(19)21/h1-8H,9H2,(H2,19,21). The van der Waals surface area contributed by atoms with Gasteiger partial charge < -0.3 is 10.3 Å². The maximum absolute atomic E-state index is 14.3. The van der Waals surface area contributed by atoms with Crippen molar-refractivity contribution in [2.24, 2.45) is 5.73 Å². The molecule has 0 fully saturated rings. The van der Waals surface area contributed by atoms with Gasteiger partial charge in [-0.25, -0.2) is 8.78 Å². The molecule has 0 spiro atoms. The Labute approximate surface area is 119 Å². The first-order valence-corrected chi connectivity index (χ1v) is 6.39. The van der Waals surface area contributed by atoms with Gasteiger partial charge in [-0.3, -0.25) is 4.79 Å². The van der Waals surface area contributed by atoms with E-state index in [-0.39, 0.29) is 18.1 Å². The number of benzene rings is 2. The smallest absolute Gasteiger partial charge is 0.268 e. The molecule has 0 aliphatic rings. The van der Waals surface area contributed by atoms with Gasteiger partial charge in [0.15, 0.2) is 5.82 Å². The minimum Gasteiger partial charge on any atom is -0.364 e. The molecule has 0 unspecified atom stereocenters. The van der Waals surface area contributed by atoms with Gasteiger partial charge in [-0.1, -0.05) is 24.3 Å². The number of rotatable bonds is 3. The van der Waals surface area contributed by atoms with Gasteiger partial charge in [-0.15, -0.1) is 0 Å². The van der Waals surface area contributed by atoms with E-state index in [1.807, 2.05) is 0 Å². The predicted octanol–water partition coefficient (Wildman–Crippen LogP) is 3.07. The summed E-state index contributed by atoms with van der Waals surface area (Å²) in [7, 11) is 0. The third-order valence-electron chi connectivity index (χ3n) is 3.37. The van der Waals surface area contributed by atoms with Crippen molar-refractivity contribution in [3.8, 4) is 0 Å². The molecule has 2 aromatic carbocycles. The lowest BCUT2D eigenvalue weighted by Crippen LogP contribution is -2.18. The number of primary amides is 1. The monoisotopic (exact) mass is 286 g/mol. The topological polar surface area (TPSA) is 48.0 Å². The number of fused-ring (bicyclic) bond motifs is 1. The number of amides is 1. The Bertz CT molecular complexity index is 839. The van der Waals surface area contributed by atoms with Crippen molar-refractivity contribution in [3.05, 3.63) is 71.4 Å². The summed E-state index contributed by atoms with van der Waals surface area (Å²) in [6.45, 7) is 0.167. The lowest BCUT2D eigenvalue weighted by molar-refractivity contribution is 0.0988. The average molecular weight is 286 g/mol. The van der Waals surface area contributed by atoms with E-state index in [0.29, 0.717) is 16.5 Å². The van der Waals surface area contributed by atoms with Gasteiger partial charge >= 0.3 is 0 Å². The first-order chi connectivity index (χ1) is 10.1. The van der Waals surface area contributed by atoms with Crippen LogP contribution in [0.2, 0.25) is 0 Å². The van der Waals surface area contributed by atoms with E-state index in [1.165, 1.54) is 16.7 Å². The Balaban J connectivity index is 2.21. The highest BCUT2D eigenvalue weighted by Crippen LogP contribution is 2.25. The lowest BCUT2D eigenvalue weighted by Gasteiger charge is -2.09. The third-order valence-corrected chi connectivity index (χ3v) is 3.37. The zero-order chi connectivity index (χ0) is 15.0. The van der Waals surface area contributed by atoms with Crippen molar-refractivity contribution in [2.75, 3.05) is 0 Å². The molecule has 0 bridgehead atoms. The Hall–Kier alpha value is -2.69. The van der Waals surface area contributed by atoms with Gasteiger partial charge in [-0.2, -0.15) is 0 Å². The number of hydrogen-bond donors (Lipinski definition) is 1. The van der Waals surface area contributed by atoms with Gasteiger partial charge in [0.05, 0.1) is 5.52 Å². The van der Waals surface area contributed by atoms with Crippen molar-refractivity contribution >= 4 is 16.8 Å². The van der Waals surface area contributed by atoms with Crippen LogP contribution in [0.5, 0.6) is 0 Å². The summed E-state index contributed by atoms with van der Waals surface area (Å²) >= 11 is 0. The number of halogens is 2. The first-order valence-electron chi connectivity index (χ1n) is 6.39. The van der Waals surface area contributed by atoms with Crippen molar-refractivity contribution < 1.29 is 13.6 Å². The largest absolute Gasteiger partial charge is 0.364 e. The molecule has 3 nitrogen and oxygen atoms in total. The number of para-hydroxylation sites is 1. The van der Waals surface area contributed by atoms with E-state index in [0.717, 1.165) is 0 Å². The zero-order valence-corrected chi connectivity index (χ0v) is 11.0. The molecule has 106 valence electrons. The van der Waals surface area contributed by atoms with Crippen LogP contribution in [0.25, 0.3) is 10.9 Å². The highest BCUT2D eigenvalue weighted by atomic mass is 19.1. The second-order valence-electron chi connectivity index (χ2n) is 4.76. The zero-order valence-electron chi connectivity index (χ0n) is 11.0. The van der Waals surface area contributed by atoms with Gasteiger partial charge in [0.1, 0.15) is 11.5 Å². The molecule has 21 heavy (non-hydrogen) atoms. The van der Waals surface area contributed by atoms with Gasteiger partial charge in [0, 0.05) is 11.9 Å². The molecule has 0 saturated heterocycles. The van der Waals surface area contributed by atoms with Crippen molar-refractivity contribution in [3.63, 3.8) is 0 Å². The van der Waals surface area contributed by atoms with Crippen LogP contribution >= 0.6 is 0 Å². The summed E-state index contributed by atoms with van der Waals surface area (Å²) in [5, 5.41) is 0.322. The highest BCUT2D eigenvalue weighted by molar-refractivity contribution is 5.98. The molecule has 2 N–H and O–H groups in total. The van der Waals surface area contributed by atoms with Crippen LogP contribution in [-0.4, -0.2) is 10.5 Å². The number of carbonyl (C=O) groups excluding carboxylic acids is 1. The fourth-order valence-electron chi connectivity index (χ4n) is 2.48. The van der Waals surface area contributed by atoms with Crippen LogP contribution in [0.3, 0.4) is 0 Å². The molecule has 3 aromatic rings. The van der Waals surface area contributed by atoms with Crippen LogP contribution in [0.15, 0.2) is 48.5 Å². The Kier molecular flexibility index (Phi) is 3.17. The van der Waals surface area contributed by atoms with Gasteiger partial charge in [-0.05, 0) is 29.8 Å². The van der Waals surface area contributed by atoms with Crippen molar-refractivity contribution in [1.82, 2.24) is 4.57 Å². The van der Waals surface area contributed by atoms with E-state index in [9.17, 15) is 13.6 Å². The SMILES string of the molecule is NC(=O)c1c(F)c2ccccc2n1Cc1cccc(F)c1. The minimum atomic E-state index is -0.847. The molecule has 3 rings (SSSR count). The van der Waals surface area contributed by atoms with Crippen LogP contribution in [0.1, 0.15) is 16.1 Å². The Morgan fingerprint density at radius 3 is 2.57 bits per heavy atom. The number of carbonyl (C=O) groups is 1. The second kappa shape index (κ2) is 5.01. The summed E-state index contributed by atoms with van der Waals surface area (Å²) in [5.74, 6) is -1.88. The maximum Gasteiger partial charge on any atom is 0.268 e. The van der Waals surface area contributed by atoms with E-state index >= 15 is 0 Å². The van der Waals surface area contributed by atoms with E-state index in [2.05, 4.69) is 0 Å². The van der Waals surface area contributed by atoms with Crippen LogP contribution in [0.4, 0.5) is 8.78 Å². The van der Waals surface area contributed by atoms with Crippen LogP contribution < -0.4 is 5.73 Å². The summed E-state index contributed by atoms with van der Waals surface area (Å²) in [4.78, 5) is 11.6. The van der Waals surface area contributed by atoms with Crippen LogP contribution in [-0.2, 0) is 6.54 Å². The van der Waals surface area contributed by atoms with E-state index in [1.54, 1.807) is 36.4 Å². The molecule has 1 heterocycles. The van der Waals surface area contributed by atoms with Gasteiger partial charge in [0.25, 0.3) is 5.91 Å². The van der Waals surface area contributed by atoms with E-state index < -0.39 is 11.7 Å². The Morgan fingerprint density at radius 1 is 1.10 bits per heavy atom. The number of aromatic nitrogens is 1. The normalized spacial score (nSPS) is 11.0. The number of nitrogens with zero attached hydrogens (tertiary/aromatic N) is 1. The van der Waals surface area contributed by atoms with Crippen LogP contribution in [0, 0.1) is 11.6 Å². The first kappa shape index (κ1) is 13.3. The minimum absolute atomic E-state index is 0.167. The quantitative estimate of drug-likeness (QED) is 0.790. The fraction of sp³-hybridized carbons (Fsp3) is 0.0625. The van der Waals surface area contributed by atoms with Gasteiger partial charge in [0.2, 0.25) is 0 Å². The third kappa shape index (κ3) is 2.27. The molecular formula is C16H12F2N2O. The summed E-state index contributed by atoms with van der Waals surface area (Å²) in [6, 6.07) is 12.7. The molecule has 0 aliphatic heterocycles. The molecule has 0 aliphatic carbocycles. The average Bonchev–Trinajstić information content (AvgIpc) is 2.73. The number of nitrogens with two attached hydrogens (primary N) is 1. The second-order valence-corrected chi connectivity index (χ2v) is 4.76. The lowest BCUT2D eigenvalue weighted by atomic mass is 10.2. The highest BCUT2D eigenvalue weighted by Gasteiger charge is 2.21. The van der Waals surface area contributed by atoms with E-state index in [4.69, 9.17) is 5.73 Å². The molecule has 5 heteroatoms. The summed E-state index contributed by atoms with van der Waals surface area (Å²) in [6.07, 6.45) is 0.